The summed E-state index contributed by atoms with van der Waals surface area (Å²) in [6.45, 7) is 0.699. The van der Waals surface area contributed by atoms with Gasteiger partial charge >= 0.3 is 0 Å². The summed E-state index contributed by atoms with van der Waals surface area (Å²) in [5, 5.41) is 9.47. The van der Waals surface area contributed by atoms with Gasteiger partial charge in [0.25, 0.3) is 0 Å². The number of hydrogen-bond donors (Lipinski definition) is 1. The second-order valence-corrected chi connectivity index (χ2v) is 6.17. The Balaban J connectivity index is 1.73. The van der Waals surface area contributed by atoms with E-state index in [1.165, 1.54) is 0 Å². The van der Waals surface area contributed by atoms with Gasteiger partial charge in [-0.05, 0) is 30.5 Å². The van der Waals surface area contributed by atoms with Crippen LogP contribution in [0.25, 0.3) is 0 Å². The van der Waals surface area contributed by atoms with E-state index in [-0.39, 0.29) is 6.10 Å². The lowest BCUT2D eigenvalue weighted by Crippen LogP contribution is -2.27. The Labute approximate surface area is 142 Å². The van der Waals surface area contributed by atoms with Crippen molar-refractivity contribution >= 4 is 5.82 Å². The summed E-state index contributed by atoms with van der Waals surface area (Å²) in [5.74, 6) is 2.65. The molecule has 0 atom stereocenters. The SMILES string of the molecule is COc1ccc(CN(C)c2cc(C3CC(O)C3)ncn2)cc1OC. The molecule has 6 heteroatoms. The maximum Gasteiger partial charge on any atom is 0.161 e. The van der Waals surface area contributed by atoms with E-state index in [9.17, 15) is 5.11 Å². The summed E-state index contributed by atoms with van der Waals surface area (Å²) in [7, 11) is 5.26. The minimum atomic E-state index is -0.182. The minimum absolute atomic E-state index is 0.182. The van der Waals surface area contributed by atoms with E-state index in [2.05, 4.69) is 14.9 Å². The molecule has 1 saturated carbocycles. The van der Waals surface area contributed by atoms with E-state index in [0.29, 0.717) is 12.5 Å². The highest BCUT2D eigenvalue weighted by Crippen LogP contribution is 2.36. The second kappa shape index (κ2) is 7.05. The van der Waals surface area contributed by atoms with Crippen LogP contribution in [-0.2, 0) is 6.54 Å². The van der Waals surface area contributed by atoms with Crippen molar-refractivity contribution in [3.63, 3.8) is 0 Å². The molecular formula is C18H23N3O3. The van der Waals surface area contributed by atoms with Crippen LogP contribution in [0, 0.1) is 0 Å². The fourth-order valence-corrected chi connectivity index (χ4v) is 2.96. The van der Waals surface area contributed by atoms with Gasteiger partial charge in [0.05, 0.1) is 20.3 Å². The number of anilines is 1. The topological polar surface area (TPSA) is 67.7 Å². The monoisotopic (exact) mass is 329 g/mol. The number of ether oxygens (including phenoxy) is 2. The van der Waals surface area contributed by atoms with Gasteiger partial charge in [-0.25, -0.2) is 9.97 Å². The third-order valence-corrected chi connectivity index (χ3v) is 4.46. The lowest BCUT2D eigenvalue weighted by molar-refractivity contribution is 0.0732. The molecule has 0 saturated heterocycles. The number of rotatable bonds is 6. The summed E-state index contributed by atoms with van der Waals surface area (Å²) in [4.78, 5) is 10.8. The van der Waals surface area contributed by atoms with Crippen LogP contribution in [0.2, 0.25) is 0 Å². The summed E-state index contributed by atoms with van der Waals surface area (Å²) in [5.41, 5.74) is 2.11. The van der Waals surface area contributed by atoms with E-state index in [4.69, 9.17) is 9.47 Å². The molecule has 128 valence electrons. The van der Waals surface area contributed by atoms with Crippen molar-refractivity contribution in [2.45, 2.75) is 31.4 Å². The molecule has 1 aliphatic rings. The Morgan fingerprint density at radius 2 is 1.88 bits per heavy atom. The number of methoxy groups -OCH3 is 2. The third-order valence-electron chi connectivity index (χ3n) is 4.46. The molecule has 6 nitrogen and oxygen atoms in total. The molecule has 1 fully saturated rings. The second-order valence-electron chi connectivity index (χ2n) is 6.17. The molecule has 1 heterocycles. The first-order valence-electron chi connectivity index (χ1n) is 8.02. The molecule has 1 N–H and O–H groups in total. The summed E-state index contributed by atoms with van der Waals surface area (Å²) < 4.78 is 10.6. The Morgan fingerprint density at radius 1 is 1.12 bits per heavy atom. The number of aliphatic hydroxyl groups is 1. The highest BCUT2D eigenvalue weighted by molar-refractivity contribution is 5.45. The van der Waals surface area contributed by atoms with Crippen LogP contribution in [0.1, 0.15) is 30.0 Å². The third kappa shape index (κ3) is 3.43. The standard InChI is InChI=1S/C18H23N3O3/c1-21(10-12-4-5-16(23-2)17(6-12)24-3)18-9-15(19-11-20-18)13-7-14(22)8-13/h4-6,9,11,13-14,22H,7-8,10H2,1-3H3. The fraction of sp³-hybridized carbons (Fsp3) is 0.444. The van der Waals surface area contributed by atoms with Gasteiger partial charge in [-0.15, -0.1) is 0 Å². The summed E-state index contributed by atoms with van der Waals surface area (Å²) in [6.07, 6.45) is 2.99. The van der Waals surface area contributed by atoms with Crippen LogP contribution in [0.4, 0.5) is 5.82 Å². The Hall–Kier alpha value is -2.34. The molecule has 3 rings (SSSR count). The molecule has 1 aliphatic carbocycles. The first-order chi connectivity index (χ1) is 11.6. The number of hydrogen-bond acceptors (Lipinski definition) is 6. The molecule has 1 aromatic heterocycles. The molecular weight excluding hydrogens is 306 g/mol. The molecule has 1 aromatic carbocycles. The van der Waals surface area contributed by atoms with Gasteiger partial charge < -0.3 is 19.5 Å². The van der Waals surface area contributed by atoms with Gasteiger partial charge in [-0.2, -0.15) is 0 Å². The van der Waals surface area contributed by atoms with Gasteiger partial charge in [0, 0.05) is 31.3 Å². The Morgan fingerprint density at radius 3 is 2.54 bits per heavy atom. The highest BCUT2D eigenvalue weighted by atomic mass is 16.5. The van der Waals surface area contributed by atoms with Crippen molar-refractivity contribution in [2.75, 3.05) is 26.2 Å². The number of aliphatic hydroxyl groups excluding tert-OH is 1. The van der Waals surface area contributed by atoms with Crippen LogP contribution < -0.4 is 14.4 Å². The van der Waals surface area contributed by atoms with Crippen LogP contribution in [-0.4, -0.2) is 42.4 Å². The molecule has 0 radical (unpaired) electrons. The van der Waals surface area contributed by atoms with Gasteiger partial charge in [0.1, 0.15) is 12.1 Å². The van der Waals surface area contributed by atoms with E-state index >= 15 is 0 Å². The van der Waals surface area contributed by atoms with Crippen molar-refractivity contribution in [3.8, 4) is 11.5 Å². The molecule has 0 spiro atoms. The fourth-order valence-electron chi connectivity index (χ4n) is 2.96. The number of aromatic nitrogens is 2. The zero-order valence-corrected chi connectivity index (χ0v) is 14.3. The van der Waals surface area contributed by atoms with Crippen molar-refractivity contribution in [2.24, 2.45) is 0 Å². The Bertz CT molecular complexity index is 702. The quantitative estimate of drug-likeness (QED) is 0.877. The predicted octanol–water partition coefficient (Wildman–Crippen LogP) is 2.37. The van der Waals surface area contributed by atoms with Crippen molar-refractivity contribution in [1.82, 2.24) is 9.97 Å². The zero-order valence-electron chi connectivity index (χ0n) is 14.3. The van der Waals surface area contributed by atoms with Crippen LogP contribution in [0.15, 0.2) is 30.6 Å². The molecule has 24 heavy (non-hydrogen) atoms. The largest absolute Gasteiger partial charge is 0.493 e. The molecule has 2 aromatic rings. The first-order valence-corrected chi connectivity index (χ1v) is 8.02. The van der Waals surface area contributed by atoms with Crippen molar-refractivity contribution in [3.05, 3.63) is 41.9 Å². The van der Waals surface area contributed by atoms with Crippen LogP contribution >= 0.6 is 0 Å². The normalized spacial score (nSPS) is 19.5. The smallest absolute Gasteiger partial charge is 0.161 e. The molecule has 0 aliphatic heterocycles. The maximum absolute atomic E-state index is 9.47. The maximum atomic E-state index is 9.47. The van der Waals surface area contributed by atoms with Crippen LogP contribution in [0.3, 0.4) is 0 Å². The van der Waals surface area contributed by atoms with Gasteiger partial charge in [0.15, 0.2) is 11.5 Å². The van der Waals surface area contributed by atoms with Gasteiger partial charge in [-0.3, -0.25) is 0 Å². The number of benzene rings is 1. The molecule has 0 unspecified atom stereocenters. The lowest BCUT2D eigenvalue weighted by Gasteiger charge is -2.31. The lowest BCUT2D eigenvalue weighted by atomic mass is 9.80. The highest BCUT2D eigenvalue weighted by Gasteiger charge is 2.29. The van der Waals surface area contributed by atoms with E-state index in [1.54, 1.807) is 20.5 Å². The minimum Gasteiger partial charge on any atom is -0.493 e. The van der Waals surface area contributed by atoms with Crippen molar-refractivity contribution in [1.29, 1.82) is 0 Å². The van der Waals surface area contributed by atoms with E-state index in [1.807, 2.05) is 31.3 Å². The zero-order chi connectivity index (χ0) is 17.1. The average molecular weight is 329 g/mol. The molecule has 0 bridgehead atoms. The first kappa shape index (κ1) is 16.5. The predicted molar refractivity (Wildman–Crippen MR) is 91.7 cm³/mol. The van der Waals surface area contributed by atoms with Gasteiger partial charge in [0.2, 0.25) is 0 Å². The van der Waals surface area contributed by atoms with E-state index < -0.39 is 0 Å². The van der Waals surface area contributed by atoms with E-state index in [0.717, 1.165) is 41.4 Å². The molecule has 0 amide bonds. The van der Waals surface area contributed by atoms with Crippen molar-refractivity contribution < 1.29 is 14.6 Å². The summed E-state index contributed by atoms with van der Waals surface area (Å²) in [6, 6.07) is 7.91. The summed E-state index contributed by atoms with van der Waals surface area (Å²) >= 11 is 0. The average Bonchev–Trinajstić information content (AvgIpc) is 2.59. The number of nitrogens with zero attached hydrogens (tertiary/aromatic N) is 3. The van der Waals surface area contributed by atoms with Crippen LogP contribution in [0.5, 0.6) is 11.5 Å². The Kier molecular flexibility index (Phi) is 4.85. The van der Waals surface area contributed by atoms with Gasteiger partial charge in [-0.1, -0.05) is 6.07 Å².